The lowest BCUT2D eigenvalue weighted by Gasteiger charge is -2.15. The largest absolute Gasteiger partial charge is 0.324 e. The van der Waals surface area contributed by atoms with Gasteiger partial charge in [-0.3, -0.25) is 4.79 Å². The number of carbonyl (C=O) groups is 1. The van der Waals surface area contributed by atoms with Crippen LogP contribution < -0.4 is 16.7 Å². The highest BCUT2D eigenvalue weighted by molar-refractivity contribution is 9.10. The molecule has 1 amide bonds. The van der Waals surface area contributed by atoms with Gasteiger partial charge in [-0.25, -0.2) is 4.79 Å². The second-order valence-electron chi connectivity index (χ2n) is 5.18. The van der Waals surface area contributed by atoms with Gasteiger partial charge in [-0.2, -0.15) is 0 Å². The highest BCUT2D eigenvalue weighted by Gasteiger charge is 2.16. The normalized spacial score (nSPS) is 12.8. The number of aromatic nitrogens is 2. The summed E-state index contributed by atoms with van der Waals surface area (Å²) in [6.07, 6.45) is 0.618. The second-order valence-corrected chi connectivity index (χ2v) is 6.04. The van der Waals surface area contributed by atoms with Gasteiger partial charge in [-0.15, -0.1) is 0 Å². The second kappa shape index (κ2) is 5.80. The van der Waals surface area contributed by atoms with Crippen LogP contribution in [0.15, 0.2) is 21.4 Å². The summed E-state index contributed by atoms with van der Waals surface area (Å²) in [6, 6.07) is 2.87. The molecule has 108 valence electrons. The minimum Gasteiger partial charge on any atom is -0.324 e. The van der Waals surface area contributed by atoms with E-state index in [4.69, 9.17) is 5.73 Å². The number of amides is 1. The molecule has 1 aromatic carbocycles. The number of benzene rings is 1. The lowest BCUT2D eigenvalue weighted by Crippen LogP contribution is -2.36. The summed E-state index contributed by atoms with van der Waals surface area (Å²) < 4.78 is 0.686. The number of halogens is 1. The van der Waals surface area contributed by atoms with E-state index in [1.807, 2.05) is 13.8 Å². The average Bonchev–Trinajstić information content (AvgIpc) is 2.67. The van der Waals surface area contributed by atoms with Crippen molar-refractivity contribution >= 4 is 38.6 Å². The number of hydrogen-bond acceptors (Lipinski definition) is 3. The summed E-state index contributed by atoms with van der Waals surface area (Å²) in [5, 5.41) is 2.77. The standard InChI is InChI=1S/C13H17BrN4O2/c1-6(2)3-8(15)12(19)16-9-5-11-10(4-7(9)14)17-13(20)18-11/h4-6,8H,3,15H2,1-2H3,(H,16,19)(H2,17,18,20)/t8-/m0/s1. The third-order valence-electron chi connectivity index (χ3n) is 2.92. The van der Waals surface area contributed by atoms with Gasteiger partial charge < -0.3 is 21.0 Å². The van der Waals surface area contributed by atoms with E-state index in [2.05, 4.69) is 31.2 Å². The van der Waals surface area contributed by atoms with Crippen LogP contribution in [0, 0.1) is 5.92 Å². The fourth-order valence-corrected chi connectivity index (χ4v) is 2.43. The minimum absolute atomic E-state index is 0.239. The molecule has 0 saturated carbocycles. The lowest BCUT2D eigenvalue weighted by molar-refractivity contribution is -0.117. The fraction of sp³-hybridized carbons (Fsp3) is 0.385. The van der Waals surface area contributed by atoms with Crippen molar-refractivity contribution in [3.8, 4) is 0 Å². The van der Waals surface area contributed by atoms with Crippen LogP contribution in [0.5, 0.6) is 0 Å². The van der Waals surface area contributed by atoms with E-state index in [9.17, 15) is 9.59 Å². The van der Waals surface area contributed by atoms with Crippen LogP contribution in [0.3, 0.4) is 0 Å². The van der Waals surface area contributed by atoms with Gasteiger partial charge in [0.05, 0.1) is 22.8 Å². The Hall–Kier alpha value is -1.60. The first kappa shape index (κ1) is 14.8. The zero-order valence-electron chi connectivity index (χ0n) is 11.3. The Labute approximate surface area is 124 Å². The average molecular weight is 341 g/mol. The molecule has 7 heteroatoms. The molecular weight excluding hydrogens is 324 g/mol. The number of H-pyrrole nitrogens is 2. The number of rotatable bonds is 4. The molecule has 2 rings (SSSR count). The first-order valence-electron chi connectivity index (χ1n) is 6.35. The van der Waals surface area contributed by atoms with E-state index >= 15 is 0 Å². The quantitative estimate of drug-likeness (QED) is 0.683. The van der Waals surface area contributed by atoms with Gasteiger partial charge in [0.25, 0.3) is 0 Å². The first-order chi connectivity index (χ1) is 9.36. The van der Waals surface area contributed by atoms with Crippen LogP contribution in [-0.4, -0.2) is 21.9 Å². The summed E-state index contributed by atoms with van der Waals surface area (Å²) in [5.41, 5.74) is 7.44. The van der Waals surface area contributed by atoms with E-state index in [-0.39, 0.29) is 11.6 Å². The molecule has 0 spiro atoms. The number of imidazole rings is 1. The Morgan fingerprint density at radius 2 is 1.95 bits per heavy atom. The lowest BCUT2D eigenvalue weighted by atomic mass is 10.0. The predicted octanol–water partition coefficient (Wildman–Crippen LogP) is 1.93. The summed E-state index contributed by atoms with van der Waals surface area (Å²) in [6.45, 7) is 4.03. The summed E-state index contributed by atoms with van der Waals surface area (Å²) in [5.74, 6) is 0.110. The third-order valence-corrected chi connectivity index (χ3v) is 3.58. The number of anilines is 1. The fourth-order valence-electron chi connectivity index (χ4n) is 1.99. The molecule has 0 bridgehead atoms. The predicted molar refractivity (Wildman–Crippen MR) is 82.7 cm³/mol. The topological polar surface area (TPSA) is 104 Å². The van der Waals surface area contributed by atoms with E-state index < -0.39 is 6.04 Å². The van der Waals surface area contributed by atoms with Crippen molar-refractivity contribution in [1.82, 2.24) is 9.97 Å². The smallest absolute Gasteiger partial charge is 0.323 e. The molecule has 20 heavy (non-hydrogen) atoms. The monoisotopic (exact) mass is 340 g/mol. The number of nitrogens with one attached hydrogen (secondary N) is 3. The summed E-state index contributed by atoms with van der Waals surface area (Å²) >= 11 is 3.36. The highest BCUT2D eigenvalue weighted by Crippen LogP contribution is 2.26. The Morgan fingerprint density at radius 1 is 1.35 bits per heavy atom. The van der Waals surface area contributed by atoms with Crippen molar-refractivity contribution in [2.24, 2.45) is 11.7 Å². The maximum absolute atomic E-state index is 12.0. The van der Waals surface area contributed by atoms with Crippen LogP contribution in [0.4, 0.5) is 5.69 Å². The Kier molecular flexibility index (Phi) is 4.29. The van der Waals surface area contributed by atoms with Gasteiger partial charge >= 0.3 is 5.69 Å². The van der Waals surface area contributed by atoms with Gasteiger partial charge in [-0.1, -0.05) is 13.8 Å². The molecule has 1 aromatic heterocycles. The Morgan fingerprint density at radius 3 is 2.55 bits per heavy atom. The van der Waals surface area contributed by atoms with Crippen LogP contribution in [-0.2, 0) is 4.79 Å². The van der Waals surface area contributed by atoms with E-state index in [1.165, 1.54) is 0 Å². The van der Waals surface area contributed by atoms with Crippen molar-refractivity contribution in [2.75, 3.05) is 5.32 Å². The molecule has 0 saturated heterocycles. The molecule has 5 N–H and O–H groups in total. The van der Waals surface area contributed by atoms with E-state index in [1.54, 1.807) is 12.1 Å². The molecule has 1 heterocycles. The van der Waals surface area contributed by atoms with Gasteiger partial charge in [0.2, 0.25) is 5.91 Å². The van der Waals surface area contributed by atoms with Crippen molar-refractivity contribution in [3.63, 3.8) is 0 Å². The van der Waals surface area contributed by atoms with E-state index in [0.717, 1.165) is 0 Å². The molecule has 0 radical (unpaired) electrons. The molecule has 1 atom stereocenters. The van der Waals surface area contributed by atoms with Crippen molar-refractivity contribution in [1.29, 1.82) is 0 Å². The van der Waals surface area contributed by atoms with Crippen molar-refractivity contribution in [3.05, 3.63) is 27.1 Å². The van der Waals surface area contributed by atoms with Crippen molar-refractivity contribution < 1.29 is 4.79 Å². The van der Waals surface area contributed by atoms with Crippen molar-refractivity contribution in [2.45, 2.75) is 26.3 Å². The van der Waals surface area contributed by atoms with Gasteiger partial charge in [0.15, 0.2) is 0 Å². The maximum atomic E-state index is 12.0. The molecule has 0 aliphatic heterocycles. The number of carbonyl (C=O) groups excluding carboxylic acids is 1. The molecular formula is C13H17BrN4O2. The van der Waals surface area contributed by atoms with Crippen LogP contribution in [0.2, 0.25) is 0 Å². The van der Waals surface area contributed by atoms with Crippen LogP contribution >= 0.6 is 15.9 Å². The SMILES string of the molecule is CC(C)C[C@H](N)C(=O)Nc1cc2[nH]c(=O)[nH]c2cc1Br. The number of fused-ring (bicyclic) bond motifs is 1. The highest BCUT2D eigenvalue weighted by atomic mass is 79.9. The third kappa shape index (κ3) is 3.29. The Balaban J connectivity index is 2.22. The number of hydrogen-bond donors (Lipinski definition) is 4. The summed E-state index contributed by atoms with van der Waals surface area (Å²) in [4.78, 5) is 28.5. The van der Waals surface area contributed by atoms with E-state index in [0.29, 0.717) is 33.5 Å². The maximum Gasteiger partial charge on any atom is 0.323 e. The molecule has 0 unspecified atom stereocenters. The van der Waals surface area contributed by atoms with Crippen LogP contribution in [0.25, 0.3) is 11.0 Å². The van der Waals surface area contributed by atoms with Gasteiger partial charge in [-0.05, 0) is 40.4 Å². The van der Waals surface area contributed by atoms with Gasteiger partial charge in [0.1, 0.15) is 0 Å². The Bertz CT molecular complexity index is 689. The zero-order chi connectivity index (χ0) is 14.9. The molecule has 2 aromatic rings. The molecule has 0 fully saturated rings. The molecule has 0 aliphatic rings. The van der Waals surface area contributed by atoms with Crippen LogP contribution in [0.1, 0.15) is 20.3 Å². The number of nitrogens with two attached hydrogens (primary N) is 1. The number of aromatic amines is 2. The minimum atomic E-state index is -0.553. The van der Waals surface area contributed by atoms with Gasteiger partial charge in [0, 0.05) is 4.47 Å². The zero-order valence-corrected chi connectivity index (χ0v) is 12.9. The first-order valence-corrected chi connectivity index (χ1v) is 7.14. The molecule has 0 aliphatic carbocycles. The molecule has 6 nitrogen and oxygen atoms in total. The summed E-state index contributed by atoms with van der Waals surface area (Å²) in [7, 11) is 0.